The number of anilines is 1. The second kappa shape index (κ2) is 9.69. The molecular weight excluding hydrogens is 330 g/mol. The summed E-state index contributed by atoms with van der Waals surface area (Å²) in [5.74, 6) is -0.183. The summed E-state index contributed by atoms with van der Waals surface area (Å²) in [5, 5.41) is 9.07. The predicted molar refractivity (Wildman–Crippen MR) is 101 cm³/mol. The van der Waals surface area contributed by atoms with Crippen molar-refractivity contribution in [2.45, 2.75) is 57.1 Å². The van der Waals surface area contributed by atoms with E-state index in [0.717, 1.165) is 32.3 Å². The highest BCUT2D eigenvalue weighted by atomic mass is 16.5. The molecule has 3 rings (SSSR count). The highest BCUT2D eigenvalue weighted by Gasteiger charge is 2.17. The smallest absolute Gasteiger partial charge is 0.251 e. The molecule has 1 aromatic rings. The zero-order valence-electron chi connectivity index (χ0n) is 15.3. The summed E-state index contributed by atoms with van der Waals surface area (Å²) in [6, 6.07) is 7.39. The molecule has 2 amide bonds. The molecule has 26 heavy (non-hydrogen) atoms. The Balaban J connectivity index is 1.45. The molecule has 1 saturated heterocycles. The number of ether oxygens (including phenoxy) is 1. The molecule has 6 nitrogen and oxygen atoms in total. The van der Waals surface area contributed by atoms with Crippen LogP contribution in [0.15, 0.2) is 24.3 Å². The van der Waals surface area contributed by atoms with Crippen LogP contribution in [0.5, 0.6) is 0 Å². The molecule has 1 aromatic carbocycles. The molecular formula is C20H29N3O3. The highest BCUT2D eigenvalue weighted by molar-refractivity contribution is 5.97. The predicted octanol–water partition coefficient (Wildman–Crippen LogP) is 2.46. The molecule has 6 heteroatoms. The Kier molecular flexibility index (Phi) is 7.03. The molecule has 3 N–H and O–H groups in total. The zero-order valence-corrected chi connectivity index (χ0v) is 15.3. The molecule has 1 heterocycles. The Hall–Kier alpha value is -1.92. The summed E-state index contributed by atoms with van der Waals surface area (Å²) in [4.78, 5) is 24.5. The van der Waals surface area contributed by atoms with Crippen LogP contribution in [-0.4, -0.2) is 43.7 Å². The third-order valence-corrected chi connectivity index (χ3v) is 5.03. The molecule has 0 spiro atoms. The van der Waals surface area contributed by atoms with Gasteiger partial charge in [0.15, 0.2) is 0 Å². The summed E-state index contributed by atoms with van der Waals surface area (Å²) in [5.41, 5.74) is 1.23. The molecule has 2 fully saturated rings. The Labute approximate surface area is 155 Å². The minimum Gasteiger partial charge on any atom is -0.377 e. The minimum absolute atomic E-state index is 0.0653. The molecule has 1 atom stereocenters. The maximum atomic E-state index is 12.4. The van der Waals surface area contributed by atoms with E-state index in [2.05, 4.69) is 16.0 Å². The summed E-state index contributed by atoms with van der Waals surface area (Å²) < 4.78 is 5.52. The maximum Gasteiger partial charge on any atom is 0.251 e. The highest BCUT2D eigenvalue weighted by Crippen LogP contribution is 2.18. The lowest BCUT2D eigenvalue weighted by Gasteiger charge is -2.22. The number of rotatable bonds is 7. The summed E-state index contributed by atoms with van der Waals surface area (Å²) in [6.45, 7) is 1.74. The van der Waals surface area contributed by atoms with Gasteiger partial charge in [-0.1, -0.05) is 25.3 Å². The van der Waals surface area contributed by atoms with E-state index in [1.807, 2.05) is 0 Å². The Bertz CT molecular complexity index is 608. The standard InChI is InChI=1S/C20H29N3O3/c24-19(14-21-13-18-10-5-11-26-18)22-17-9-4-6-15(12-17)20(25)23-16-7-2-1-3-8-16/h4,6,9,12,16,18,21H,1-3,5,7-8,10-11,13-14H2,(H,22,24)(H,23,25). The lowest BCUT2D eigenvalue weighted by atomic mass is 9.95. The molecule has 1 aliphatic carbocycles. The largest absolute Gasteiger partial charge is 0.377 e. The molecule has 1 aliphatic heterocycles. The minimum atomic E-state index is -0.118. The van der Waals surface area contributed by atoms with Crippen LogP contribution in [0.25, 0.3) is 0 Å². The fraction of sp³-hybridized carbons (Fsp3) is 0.600. The van der Waals surface area contributed by atoms with Crippen LogP contribution >= 0.6 is 0 Å². The van der Waals surface area contributed by atoms with Gasteiger partial charge in [0.2, 0.25) is 5.91 Å². The first-order valence-electron chi connectivity index (χ1n) is 9.74. The van der Waals surface area contributed by atoms with E-state index in [9.17, 15) is 9.59 Å². The van der Waals surface area contributed by atoms with E-state index in [-0.39, 0.29) is 30.5 Å². The fourth-order valence-corrected chi connectivity index (χ4v) is 3.61. The fourth-order valence-electron chi connectivity index (χ4n) is 3.61. The lowest BCUT2D eigenvalue weighted by Crippen LogP contribution is -2.36. The van der Waals surface area contributed by atoms with E-state index in [1.165, 1.54) is 19.3 Å². The summed E-state index contributed by atoms with van der Waals surface area (Å²) in [6.07, 6.45) is 8.09. The number of hydrogen-bond acceptors (Lipinski definition) is 4. The molecule has 2 aliphatic rings. The van der Waals surface area contributed by atoms with Crippen molar-refractivity contribution >= 4 is 17.5 Å². The number of amides is 2. The van der Waals surface area contributed by atoms with Crippen molar-refractivity contribution in [3.63, 3.8) is 0 Å². The van der Waals surface area contributed by atoms with Gasteiger partial charge in [-0.25, -0.2) is 0 Å². The van der Waals surface area contributed by atoms with Gasteiger partial charge in [-0.15, -0.1) is 0 Å². The Morgan fingerprint density at radius 2 is 1.92 bits per heavy atom. The maximum absolute atomic E-state index is 12.4. The SMILES string of the molecule is O=C(CNCC1CCCO1)Nc1cccc(C(=O)NC2CCCCC2)c1. The van der Waals surface area contributed by atoms with Crippen molar-refractivity contribution in [3.05, 3.63) is 29.8 Å². The van der Waals surface area contributed by atoms with Crippen molar-refractivity contribution in [2.75, 3.05) is 25.0 Å². The Morgan fingerprint density at radius 3 is 2.69 bits per heavy atom. The molecule has 142 valence electrons. The van der Waals surface area contributed by atoms with Gasteiger partial charge in [0, 0.05) is 30.4 Å². The van der Waals surface area contributed by atoms with Gasteiger partial charge in [-0.05, 0) is 43.9 Å². The van der Waals surface area contributed by atoms with Crippen LogP contribution in [0.3, 0.4) is 0 Å². The van der Waals surface area contributed by atoms with Gasteiger partial charge in [0.25, 0.3) is 5.91 Å². The molecule has 0 bridgehead atoms. The van der Waals surface area contributed by atoms with Crippen LogP contribution in [0.4, 0.5) is 5.69 Å². The first-order valence-corrected chi connectivity index (χ1v) is 9.74. The lowest BCUT2D eigenvalue weighted by molar-refractivity contribution is -0.115. The number of carbonyl (C=O) groups excluding carboxylic acids is 2. The van der Waals surface area contributed by atoms with Gasteiger partial charge in [0.1, 0.15) is 0 Å². The number of benzene rings is 1. The van der Waals surface area contributed by atoms with Gasteiger partial charge < -0.3 is 20.7 Å². The van der Waals surface area contributed by atoms with Crippen LogP contribution in [0.2, 0.25) is 0 Å². The first-order chi connectivity index (χ1) is 12.7. The van der Waals surface area contributed by atoms with Gasteiger partial charge >= 0.3 is 0 Å². The van der Waals surface area contributed by atoms with Crippen molar-refractivity contribution in [1.29, 1.82) is 0 Å². The van der Waals surface area contributed by atoms with E-state index < -0.39 is 0 Å². The second-order valence-electron chi connectivity index (χ2n) is 7.20. The Morgan fingerprint density at radius 1 is 1.08 bits per heavy atom. The van der Waals surface area contributed by atoms with E-state index in [4.69, 9.17) is 4.74 Å². The topological polar surface area (TPSA) is 79.5 Å². The number of nitrogens with one attached hydrogen (secondary N) is 3. The summed E-state index contributed by atoms with van der Waals surface area (Å²) in [7, 11) is 0. The molecule has 0 aromatic heterocycles. The van der Waals surface area contributed by atoms with Crippen LogP contribution in [-0.2, 0) is 9.53 Å². The first kappa shape index (κ1) is 18.9. The van der Waals surface area contributed by atoms with Crippen LogP contribution in [0, 0.1) is 0 Å². The molecule has 1 unspecified atom stereocenters. The second-order valence-corrected chi connectivity index (χ2v) is 7.20. The number of carbonyl (C=O) groups is 2. The van der Waals surface area contributed by atoms with E-state index in [0.29, 0.717) is 17.8 Å². The van der Waals surface area contributed by atoms with Crippen molar-refractivity contribution in [3.8, 4) is 0 Å². The molecule has 1 saturated carbocycles. The van der Waals surface area contributed by atoms with E-state index in [1.54, 1.807) is 24.3 Å². The average molecular weight is 359 g/mol. The quantitative estimate of drug-likeness (QED) is 0.699. The monoisotopic (exact) mass is 359 g/mol. The van der Waals surface area contributed by atoms with Gasteiger partial charge in [-0.3, -0.25) is 9.59 Å². The van der Waals surface area contributed by atoms with Crippen molar-refractivity contribution in [1.82, 2.24) is 10.6 Å². The zero-order chi connectivity index (χ0) is 18.2. The summed E-state index contributed by atoms with van der Waals surface area (Å²) >= 11 is 0. The van der Waals surface area contributed by atoms with Crippen molar-refractivity contribution in [2.24, 2.45) is 0 Å². The van der Waals surface area contributed by atoms with Crippen molar-refractivity contribution < 1.29 is 14.3 Å². The van der Waals surface area contributed by atoms with Gasteiger partial charge in [-0.2, -0.15) is 0 Å². The molecule has 0 radical (unpaired) electrons. The van der Waals surface area contributed by atoms with Crippen LogP contribution in [0.1, 0.15) is 55.3 Å². The van der Waals surface area contributed by atoms with E-state index >= 15 is 0 Å². The van der Waals surface area contributed by atoms with Gasteiger partial charge in [0.05, 0.1) is 12.6 Å². The van der Waals surface area contributed by atoms with Crippen LogP contribution < -0.4 is 16.0 Å². The third-order valence-electron chi connectivity index (χ3n) is 5.03. The third kappa shape index (κ3) is 5.81. The average Bonchev–Trinajstić information content (AvgIpc) is 3.16. The normalized spacial score (nSPS) is 20.7. The number of hydrogen-bond donors (Lipinski definition) is 3.